The van der Waals surface area contributed by atoms with Crippen LogP contribution in [-0.2, 0) is 4.79 Å². The number of hydrazone groups is 1. The Kier molecular flexibility index (Phi) is 7.20. The maximum atomic E-state index is 13.0. The highest BCUT2D eigenvalue weighted by atomic mass is 32.2. The quantitative estimate of drug-likeness (QED) is 0.408. The second-order valence-corrected chi connectivity index (χ2v) is 8.14. The largest absolute Gasteiger partial charge is 0.493 e. The average molecular weight is 520 g/mol. The molecule has 4 rings (SSSR count). The number of nitrogens with zero attached hydrogens (tertiary/aromatic N) is 3. The number of alkyl halides is 3. The first-order valence-electron chi connectivity index (χ1n) is 10.4. The van der Waals surface area contributed by atoms with Crippen LogP contribution >= 0.6 is 11.8 Å². The Labute approximate surface area is 207 Å². The number of amidine groups is 2. The summed E-state index contributed by atoms with van der Waals surface area (Å²) in [5, 5.41) is 10.8. The van der Waals surface area contributed by atoms with Crippen molar-refractivity contribution in [2.45, 2.75) is 6.18 Å². The zero-order chi connectivity index (χ0) is 25.9. The molecular weight excluding hydrogens is 501 g/mol. The second-order valence-electron chi connectivity index (χ2n) is 7.18. The number of carbonyl (C=O) groups is 1. The lowest BCUT2D eigenvalue weighted by molar-refractivity contribution is -0.114. The fourth-order valence-electron chi connectivity index (χ4n) is 3.21. The van der Waals surface area contributed by atoms with Crippen molar-refractivity contribution in [3.63, 3.8) is 0 Å². The first kappa shape index (κ1) is 25.1. The summed E-state index contributed by atoms with van der Waals surface area (Å²) in [6.45, 7) is 0.428. The van der Waals surface area contributed by atoms with Gasteiger partial charge in [0.25, 0.3) is 5.91 Å². The molecule has 2 aromatic carbocycles. The Morgan fingerprint density at radius 2 is 1.64 bits per heavy atom. The van der Waals surface area contributed by atoms with Gasteiger partial charge in [0.1, 0.15) is 13.2 Å². The van der Waals surface area contributed by atoms with E-state index in [1.165, 1.54) is 13.2 Å². The third-order valence-electron chi connectivity index (χ3n) is 4.86. The number of methoxy groups -OCH3 is 2. The van der Waals surface area contributed by atoms with Crippen molar-refractivity contribution in [1.29, 1.82) is 5.41 Å². The second kappa shape index (κ2) is 10.3. The molecule has 36 heavy (non-hydrogen) atoms. The fraction of sp³-hybridized carbons (Fsp3) is 0.217. The summed E-state index contributed by atoms with van der Waals surface area (Å²) in [6, 6.07) is 12.0. The number of hydrogen-bond acceptors (Lipinski definition) is 8. The molecule has 0 radical (unpaired) electrons. The van der Waals surface area contributed by atoms with Gasteiger partial charge in [-0.2, -0.15) is 28.3 Å². The Bertz CT molecular complexity index is 1290. The zero-order valence-electron chi connectivity index (χ0n) is 19.0. The van der Waals surface area contributed by atoms with Crippen LogP contribution in [0.3, 0.4) is 0 Å². The standard InChI is InChI=1S/C23H19F3N4O5S/c1-32-15-5-3-4-6-16(15)34-9-10-35-17-8-7-13(12-18(17)33-2)11-14-19(27)30-22(28-20(14)31)36-21(29-30)23(24,25)26/h3-8,11-12,27H,9-10H2,1-2H3/b14-11+,27-19?. The van der Waals surface area contributed by atoms with Crippen molar-refractivity contribution in [3.8, 4) is 23.0 Å². The number of para-hydroxylation sites is 2. The van der Waals surface area contributed by atoms with Crippen LogP contribution in [0.1, 0.15) is 5.56 Å². The lowest BCUT2D eigenvalue weighted by atomic mass is 10.1. The number of halogens is 3. The van der Waals surface area contributed by atoms with Crippen molar-refractivity contribution < 1.29 is 36.9 Å². The van der Waals surface area contributed by atoms with E-state index in [1.54, 1.807) is 37.4 Å². The van der Waals surface area contributed by atoms with Crippen LogP contribution in [0.25, 0.3) is 6.08 Å². The normalized spacial score (nSPS) is 16.5. The van der Waals surface area contributed by atoms with E-state index in [4.69, 9.17) is 24.4 Å². The molecule has 2 aromatic rings. The van der Waals surface area contributed by atoms with E-state index in [9.17, 15) is 18.0 Å². The Morgan fingerprint density at radius 1 is 1.00 bits per heavy atom. The summed E-state index contributed by atoms with van der Waals surface area (Å²) in [4.78, 5) is 16.1. The number of hydrogen-bond donors (Lipinski definition) is 1. The molecule has 0 saturated heterocycles. The molecule has 0 aromatic heterocycles. The zero-order valence-corrected chi connectivity index (χ0v) is 19.8. The number of rotatable bonds is 8. The molecule has 13 heteroatoms. The molecule has 2 heterocycles. The number of fused-ring (bicyclic) bond motifs is 1. The molecule has 1 amide bonds. The van der Waals surface area contributed by atoms with E-state index >= 15 is 0 Å². The first-order chi connectivity index (χ1) is 17.2. The molecule has 188 valence electrons. The van der Waals surface area contributed by atoms with Gasteiger partial charge in [0.2, 0.25) is 10.2 Å². The van der Waals surface area contributed by atoms with Gasteiger partial charge in [0, 0.05) is 0 Å². The molecule has 0 aliphatic carbocycles. The van der Waals surface area contributed by atoms with Crippen LogP contribution in [0.15, 0.2) is 58.1 Å². The van der Waals surface area contributed by atoms with Crippen molar-refractivity contribution in [2.75, 3.05) is 27.4 Å². The first-order valence-corrected chi connectivity index (χ1v) is 11.2. The number of nitrogens with one attached hydrogen (secondary N) is 1. The minimum atomic E-state index is -4.71. The molecule has 0 unspecified atom stereocenters. The van der Waals surface area contributed by atoms with E-state index in [0.717, 1.165) is 0 Å². The molecule has 1 N–H and O–H groups in total. The molecule has 0 bridgehead atoms. The molecule has 2 aliphatic heterocycles. The maximum absolute atomic E-state index is 13.0. The number of carbonyl (C=O) groups excluding carboxylic acids is 1. The van der Waals surface area contributed by atoms with Crippen LogP contribution in [0.2, 0.25) is 0 Å². The smallest absolute Gasteiger partial charge is 0.441 e. The topological polar surface area (TPSA) is 106 Å². The highest BCUT2D eigenvalue weighted by Crippen LogP contribution is 2.36. The molecule has 0 atom stereocenters. The Morgan fingerprint density at radius 3 is 2.28 bits per heavy atom. The third kappa shape index (κ3) is 5.30. The van der Waals surface area contributed by atoms with Crippen LogP contribution < -0.4 is 18.9 Å². The number of ether oxygens (including phenoxy) is 4. The minimum absolute atomic E-state index is 0.194. The van der Waals surface area contributed by atoms with Crippen molar-refractivity contribution in [3.05, 3.63) is 53.6 Å². The third-order valence-corrected chi connectivity index (χ3v) is 5.82. The van der Waals surface area contributed by atoms with E-state index in [-0.39, 0.29) is 35.7 Å². The number of aliphatic imine (C=N–C) groups is 1. The highest BCUT2D eigenvalue weighted by molar-refractivity contribution is 8.27. The predicted octanol–water partition coefficient (Wildman–Crippen LogP) is 4.34. The molecule has 2 aliphatic rings. The van der Waals surface area contributed by atoms with E-state index < -0.39 is 23.0 Å². The van der Waals surface area contributed by atoms with Gasteiger partial charge in [0.15, 0.2) is 28.8 Å². The minimum Gasteiger partial charge on any atom is -0.493 e. The molecule has 0 spiro atoms. The van der Waals surface area contributed by atoms with Gasteiger partial charge in [-0.3, -0.25) is 10.2 Å². The molecule has 0 saturated carbocycles. The summed E-state index contributed by atoms with van der Waals surface area (Å²) >= 11 is 0.194. The predicted molar refractivity (Wildman–Crippen MR) is 128 cm³/mol. The summed E-state index contributed by atoms with van der Waals surface area (Å²) in [7, 11) is 2.98. The average Bonchev–Trinajstić information content (AvgIpc) is 3.30. The SMILES string of the molecule is COc1ccccc1OCCOc1ccc(/C=C2\C(=N)N3N=C(C(F)(F)F)SC3=NC2=O)cc1OC. The molecule has 9 nitrogen and oxygen atoms in total. The Hall–Kier alpha value is -4.00. The summed E-state index contributed by atoms with van der Waals surface area (Å²) < 4.78 is 60.9. The van der Waals surface area contributed by atoms with Gasteiger partial charge >= 0.3 is 6.18 Å². The van der Waals surface area contributed by atoms with Crippen molar-refractivity contribution in [1.82, 2.24) is 5.01 Å². The van der Waals surface area contributed by atoms with Crippen LogP contribution in [0.4, 0.5) is 13.2 Å². The van der Waals surface area contributed by atoms with Crippen molar-refractivity contribution >= 4 is 39.8 Å². The van der Waals surface area contributed by atoms with E-state index in [1.807, 2.05) is 12.1 Å². The number of benzene rings is 2. The van der Waals surface area contributed by atoms with Gasteiger partial charge in [0.05, 0.1) is 19.8 Å². The van der Waals surface area contributed by atoms with Crippen molar-refractivity contribution in [2.24, 2.45) is 10.1 Å². The highest BCUT2D eigenvalue weighted by Gasteiger charge is 2.46. The summed E-state index contributed by atoms with van der Waals surface area (Å²) in [5.41, 5.74) is 0.232. The maximum Gasteiger partial charge on any atom is 0.441 e. The monoisotopic (exact) mass is 520 g/mol. The summed E-state index contributed by atoms with van der Waals surface area (Å²) in [6.07, 6.45) is -3.38. The van der Waals surface area contributed by atoms with Gasteiger partial charge in [-0.25, -0.2) is 0 Å². The number of thioether (sulfide) groups is 1. The van der Waals surface area contributed by atoms with Crippen LogP contribution in [-0.4, -0.2) is 60.6 Å². The fourth-order valence-corrected chi connectivity index (χ4v) is 3.97. The van der Waals surface area contributed by atoms with Gasteiger partial charge in [-0.15, -0.1) is 0 Å². The van der Waals surface area contributed by atoms with Gasteiger partial charge < -0.3 is 18.9 Å². The van der Waals surface area contributed by atoms with Crippen LogP contribution in [0.5, 0.6) is 23.0 Å². The van der Waals surface area contributed by atoms with Crippen LogP contribution in [0, 0.1) is 5.41 Å². The lowest BCUT2D eigenvalue weighted by Crippen LogP contribution is -2.35. The summed E-state index contributed by atoms with van der Waals surface area (Å²) in [5.74, 6) is 0.569. The molecule has 0 fully saturated rings. The lowest BCUT2D eigenvalue weighted by Gasteiger charge is -2.20. The van der Waals surface area contributed by atoms with E-state index in [2.05, 4.69) is 10.1 Å². The van der Waals surface area contributed by atoms with Gasteiger partial charge in [-0.05, 0) is 47.7 Å². The number of amides is 1. The van der Waals surface area contributed by atoms with Gasteiger partial charge in [-0.1, -0.05) is 18.2 Å². The molecular formula is C23H19F3N4O5S. The van der Waals surface area contributed by atoms with E-state index in [0.29, 0.717) is 33.6 Å². The Balaban J connectivity index is 1.45.